The summed E-state index contributed by atoms with van der Waals surface area (Å²) in [7, 11) is 0. The van der Waals surface area contributed by atoms with Crippen molar-refractivity contribution >= 4 is 6.34 Å². The maximum absolute atomic E-state index is 8.44. The predicted octanol–water partition coefficient (Wildman–Crippen LogP) is -1.36. The third-order valence-corrected chi connectivity index (χ3v) is 1.21. The number of aliphatic imine (C=N–C) groups is 1. The molecule has 0 aromatic heterocycles. The second-order valence-electron chi connectivity index (χ2n) is 2.08. The van der Waals surface area contributed by atoms with E-state index in [0.29, 0.717) is 18.9 Å². The van der Waals surface area contributed by atoms with E-state index < -0.39 is 0 Å². The van der Waals surface area contributed by atoms with Gasteiger partial charge in [-0.05, 0) is 6.08 Å². The Bertz CT molecular complexity index is 177. The van der Waals surface area contributed by atoms with Crippen LogP contribution in [0.3, 0.4) is 0 Å². The quantitative estimate of drug-likeness (QED) is 0.528. The fourth-order valence-corrected chi connectivity index (χ4v) is 0.688. The molecule has 0 atom stereocenters. The Morgan fingerprint density at radius 1 is 1.82 bits per heavy atom. The van der Waals surface area contributed by atoms with Crippen LogP contribution in [0.1, 0.15) is 0 Å². The van der Waals surface area contributed by atoms with Gasteiger partial charge in [0.2, 0.25) is 0 Å². The highest BCUT2D eigenvalue weighted by molar-refractivity contribution is 5.57. The average molecular weight is 155 g/mol. The maximum Gasteiger partial charge on any atom is 0.122 e. The van der Waals surface area contributed by atoms with Crippen molar-refractivity contribution in [1.82, 2.24) is 10.4 Å². The second-order valence-corrected chi connectivity index (χ2v) is 2.08. The van der Waals surface area contributed by atoms with Crippen LogP contribution in [0.4, 0.5) is 0 Å². The SMILES string of the molecule is NC1=CCN([N]CCO)C=N1. The third-order valence-electron chi connectivity index (χ3n) is 1.21. The van der Waals surface area contributed by atoms with E-state index in [1.54, 1.807) is 17.4 Å². The van der Waals surface area contributed by atoms with Crippen molar-refractivity contribution < 1.29 is 5.11 Å². The molecule has 0 fully saturated rings. The summed E-state index contributed by atoms with van der Waals surface area (Å²) < 4.78 is 0. The van der Waals surface area contributed by atoms with E-state index in [9.17, 15) is 0 Å². The smallest absolute Gasteiger partial charge is 0.122 e. The Balaban J connectivity index is 2.25. The second kappa shape index (κ2) is 3.95. The Kier molecular flexibility index (Phi) is 2.88. The lowest BCUT2D eigenvalue weighted by Gasteiger charge is -2.18. The van der Waals surface area contributed by atoms with Crippen molar-refractivity contribution in [2.45, 2.75) is 0 Å². The van der Waals surface area contributed by atoms with Gasteiger partial charge in [0, 0.05) is 0 Å². The van der Waals surface area contributed by atoms with Crippen molar-refractivity contribution in [3.8, 4) is 0 Å². The van der Waals surface area contributed by atoms with E-state index in [-0.39, 0.29) is 6.61 Å². The van der Waals surface area contributed by atoms with E-state index in [0.717, 1.165) is 0 Å². The number of aliphatic hydroxyl groups is 1. The molecule has 0 saturated heterocycles. The van der Waals surface area contributed by atoms with Crippen LogP contribution in [0.25, 0.3) is 0 Å². The van der Waals surface area contributed by atoms with Gasteiger partial charge in [0.25, 0.3) is 0 Å². The number of hydrogen-bond donors (Lipinski definition) is 2. The monoisotopic (exact) mass is 155 g/mol. The zero-order chi connectivity index (χ0) is 8.10. The molecule has 0 spiro atoms. The first-order valence-corrected chi connectivity index (χ1v) is 3.37. The van der Waals surface area contributed by atoms with Crippen LogP contribution in [-0.2, 0) is 0 Å². The summed E-state index contributed by atoms with van der Waals surface area (Å²) in [5.41, 5.74) is 9.34. The summed E-state index contributed by atoms with van der Waals surface area (Å²) >= 11 is 0. The van der Waals surface area contributed by atoms with Gasteiger partial charge in [-0.25, -0.2) is 4.99 Å². The van der Waals surface area contributed by atoms with Gasteiger partial charge in [0.1, 0.15) is 12.2 Å². The molecule has 0 aromatic carbocycles. The minimum absolute atomic E-state index is 0.0591. The van der Waals surface area contributed by atoms with Crippen LogP contribution in [0, 0.1) is 0 Å². The van der Waals surface area contributed by atoms with Gasteiger partial charge < -0.3 is 10.8 Å². The van der Waals surface area contributed by atoms with Crippen LogP contribution in [0.2, 0.25) is 0 Å². The van der Waals surface area contributed by atoms with Crippen LogP contribution >= 0.6 is 0 Å². The lowest BCUT2D eigenvalue weighted by atomic mass is 10.5. The first kappa shape index (κ1) is 8.03. The summed E-state index contributed by atoms with van der Waals surface area (Å²) in [4.78, 5) is 3.83. The molecule has 0 bridgehead atoms. The highest BCUT2D eigenvalue weighted by Crippen LogP contribution is 1.94. The Labute approximate surface area is 65.2 Å². The van der Waals surface area contributed by atoms with Gasteiger partial charge in [0.05, 0.1) is 19.7 Å². The van der Waals surface area contributed by atoms with Gasteiger partial charge in [-0.15, -0.1) is 5.43 Å². The van der Waals surface area contributed by atoms with Crippen LogP contribution < -0.4 is 11.2 Å². The first-order chi connectivity index (χ1) is 5.33. The molecule has 1 radical (unpaired) electrons. The number of nitrogens with zero attached hydrogens (tertiary/aromatic N) is 3. The Morgan fingerprint density at radius 2 is 2.64 bits per heavy atom. The molecular weight excluding hydrogens is 144 g/mol. The van der Waals surface area contributed by atoms with Crippen molar-refractivity contribution in [3.63, 3.8) is 0 Å². The Hall–Kier alpha value is -1.07. The van der Waals surface area contributed by atoms with Crippen molar-refractivity contribution in [3.05, 3.63) is 11.9 Å². The molecule has 0 unspecified atom stereocenters. The normalized spacial score (nSPS) is 16.8. The minimum Gasteiger partial charge on any atom is -0.395 e. The highest BCUT2D eigenvalue weighted by Gasteiger charge is 2.02. The molecule has 0 aliphatic carbocycles. The highest BCUT2D eigenvalue weighted by atomic mass is 16.3. The zero-order valence-electron chi connectivity index (χ0n) is 6.14. The number of rotatable bonds is 3. The molecule has 0 saturated carbocycles. The Morgan fingerprint density at radius 3 is 3.18 bits per heavy atom. The number of aliphatic hydroxyl groups excluding tert-OH is 1. The van der Waals surface area contributed by atoms with Gasteiger partial charge in [-0.2, -0.15) is 0 Å². The van der Waals surface area contributed by atoms with E-state index in [2.05, 4.69) is 10.4 Å². The van der Waals surface area contributed by atoms with Crippen LogP contribution in [0.15, 0.2) is 16.9 Å². The van der Waals surface area contributed by atoms with Crippen molar-refractivity contribution in [2.75, 3.05) is 19.7 Å². The fraction of sp³-hybridized carbons (Fsp3) is 0.500. The lowest BCUT2D eigenvalue weighted by molar-refractivity contribution is 0.242. The summed E-state index contributed by atoms with van der Waals surface area (Å²) in [6, 6.07) is 0. The summed E-state index contributed by atoms with van der Waals surface area (Å²) in [5.74, 6) is 0.514. The van der Waals surface area contributed by atoms with Gasteiger partial charge in [-0.3, -0.25) is 5.01 Å². The standard InChI is InChI=1S/C6H11N4O/c7-6-1-3-10(5-8-6)9-2-4-11/h1,5,11H,2-4,7H2. The molecule has 11 heavy (non-hydrogen) atoms. The zero-order valence-corrected chi connectivity index (χ0v) is 6.14. The number of hydrogen-bond acceptors (Lipinski definition) is 4. The lowest BCUT2D eigenvalue weighted by Crippen LogP contribution is -2.34. The summed E-state index contributed by atoms with van der Waals surface area (Å²) in [6.07, 6.45) is 3.31. The van der Waals surface area contributed by atoms with Crippen molar-refractivity contribution in [1.29, 1.82) is 0 Å². The molecule has 1 heterocycles. The average Bonchev–Trinajstić information content (AvgIpc) is 2.04. The van der Waals surface area contributed by atoms with E-state index >= 15 is 0 Å². The van der Waals surface area contributed by atoms with Crippen LogP contribution in [-0.4, -0.2) is 36.2 Å². The molecule has 1 aliphatic heterocycles. The minimum atomic E-state index is 0.0591. The summed E-state index contributed by atoms with van der Waals surface area (Å²) in [5, 5.41) is 10.1. The van der Waals surface area contributed by atoms with Crippen LogP contribution in [0.5, 0.6) is 0 Å². The molecule has 0 aromatic rings. The first-order valence-electron chi connectivity index (χ1n) is 3.37. The van der Waals surface area contributed by atoms with Gasteiger partial charge in [-0.1, -0.05) is 0 Å². The fourth-order valence-electron chi connectivity index (χ4n) is 0.688. The van der Waals surface area contributed by atoms with Gasteiger partial charge >= 0.3 is 0 Å². The topological polar surface area (TPSA) is 76.0 Å². The van der Waals surface area contributed by atoms with E-state index in [1.807, 2.05) is 0 Å². The van der Waals surface area contributed by atoms with E-state index in [4.69, 9.17) is 10.8 Å². The van der Waals surface area contributed by atoms with E-state index in [1.165, 1.54) is 0 Å². The largest absolute Gasteiger partial charge is 0.395 e. The molecule has 61 valence electrons. The summed E-state index contributed by atoms with van der Waals surface area (Å²) in [6.45, 7) is 1.10. The molecule has 0 amide bonds. The molecule has 3 N–H and O–H groups in total. The maximum atomic E-state index is 8.44. The van der Waals surface area contributed by atoms with Crippen molar-refractivity contribution in [2.24, 2.45) is 10.7 Å². The molecule has 1 rings (SSSR count). The number of nitrogens with two attached hydrogens (primary N) is 1. The third kappa shape index (κ3) is 2.57. The van der Waals surface area contributed by atoms with Gasteiger partial charge in [0.15, 0.2) is 0 Å². The predicted molar refractivity (Wildman–Crippen MR) is 41.6 cm³/mol. The molecule has 1 aliphatic rings. The molecular formula is C6H11N4O. The molecule has 5 nitrogen and oxygen atoms in total. The molecule has 5 heteroatoms.